The molecule has 2 rings (SSSR count). The van der Waals surface area contributed by atoms with Crippen LogP contribution in [-0.2, 0) is 10.2 Å². The first-order valence-corrected chi connectivity index (χ1v) is 7.54. The Morgan fingerprint density at radius 3 is 1.56 bits per heavy atom. The molecule has 0 saturated heterocycles. The van der Waals surface area contributed by atoms with Crippen LogP contribution in [0.3, 0.4) is 0 Å². The van der Waals surface area contributed by atoms with E-state index in [1.165, 1.54) is 0 Å². The van der Waals surface area contributed by atoms with Crippen LogP contribution in [0.2, 0.25) is 0 Å². The van der Waals surface area contributed by atoms with Crippen LogP contribution >= 0.6 is 0 Å². The predicted octanol–water partition coefficient (Wildman–Crippen LogP) is 0.103. The van der Waals surface area contributed by atoms with Gasteiger partial charge < -0.3 is 5.32 Å². The molecule has 0 radical (unpaired) electrons. The second-order valence-corrected chi connectivity index (χ2v) is 6.33. The Balaban J connectivity index is 1.76. The van der Waals surface area contributed by atoms with Gasteiger partial charge in [-0.05, 0) is 45.6 Å². The maximum atomic E-state index is 11.7. The molecule has 0 spiro atoms. The van der Waals surface area contributed by atoms with Crippen molar-refractivity contribution in [2.75, 3.05) is 7.05 Å². The Labute approximate surface area is 97.6 Å². The zero-order chi connectivity index (χ0) is 11.6. The molecule has 2 saturated carbocycles. The Hall–Kier alpha value is -0.170. The fourth-order valence-electron chi connectivity index (χ4n) is 2.17. The third-order valence-electron chi connectivity index (χ3n) is 3.36. The molecule has 0 heterocycles. The molecule has 0 amide bonds. The van der Waals surface area contributed by atoms with Gasteiger partial charge in [0.05, 0.1) is 0 Å². The zero-order valence-corrected chi connectivity index (χ0v) is 10.5. The lowest BCUT2D eigenvalue weighted by Crippen LogP contribution is -2.46. The molecule has 0 aromatic rings. The van der Waals surface area contributed by atoms with E-state index < -0.39 is 10.2 Å². The molecule has 0 atom stereocenters. The number of hydrogen-bond donors (Lipinski definition) is 3. The van der Waals surface area contributed by atoms with E-state index in [0.29, 0.717) is 6.04 Å². The summed E-state index contributed by atoms with van der Waals surface area (Å²) in [6, 6.07) is 0.851. The van der Waals surface area contributed by atoms with Gasteiger partial charge >= 0.3 is 0 Å². The summed E-state index contributed by atoms with van der Waals surface area (Å²) < 4.78 is 28.7. The van der Waals surface area contributed by atoms with Crippen LogP contribution in [0.15, 0.2) is 0 Å². The van der Waals surface area contributed by atoms with Crippen molar-refractivity contribution in [2.24, 2.45) is 0 Å². The minimum atomic E-state index is -3.26. The normalized spacial score (nSPS) is 31.6. The molecule has 0 unspecified atom stereocenters. The zero-order valence-electron chi connectivity index (χ0n) is 9.70. The minimum absolute atomic E-state index is 0.112. The third-order valence-corrected chi connectivity index (χ3v) is 4.64. The number of hydrogen-bond acceptors (Lipinski definition) is 3. The Kier molecular flexibility index (Phi) is 3.84. The first-order chi connectivity index (χ1) is 7.59. The Morgan fingerprint density at radius 1 is 0.812 bits per heavy atom. The first-order valence-electron chi connectivity index (χ1n) is 6.06. The lowest BCUT2D eigenvalue weighted by Gasteiger charge is -2.28. The van der Waals surface area contributed by atoms with Crippen molar-refractivity contribution in [2.45, 2.75) is 56.7 Å². The van der Waals surface area contributed by atoms with Crippen LogP contribution in [-0.4, -0.2) is 33.6 Å². The molecule has 0 aromatic heterocycles. The minimum Gasteiger partial charge on any atom is -0.317 e. The van der Waals surface area contributed by atoms with Gasteiger partial charge in [0, 0.05) is 18.1 Å². The molecular formula is C10H21N3O2S. The average Bonchev–Trinajstić information content (AvgIpc) is 3.01. The van der Waals surface area contributed by atoms with E-state index in [4.69, 9.17) is 0 Å². The van der Waals surface area contributed by atoms with Crippen molar-refractivity contribution < 1.29 is 8.42 Å². The molecule has 3 N–H and O–H groups in total. The summed E-state index contributed by atoms with van der Waals surface area (Å²) in [4.78, 5) is 0. The summed E-state index contributed by atoms with van der Waals surface area (Å²) in [5.41, 5.74) is 0. The van der Waals surface area contributed by atoms with Gasteiger partial charge in [0.2, 0.25) is 0 Å². The van der Waals surface area contributed by atoms with Crippen LogP contribution in [0.25, 0.3) is 0 Å². The summed E-state index contributed by atoms with van der Waals surface area (Å²) in [5.74, 6) is 0. The lowest BCUT2D eigenvalue weighted by atomic mass is 9.92. The van der Waals surface area contributed by atoms with Gasteiger partial charge in [-0.2, -0.15) is 17.9 Å². The van der Waals surface area contributed by atoms with Crippen LogP contribution < -0.4 is 14.8 Å². The molecule has 0 bridgehead atoms. The van der Waals surface area contributed by atoms with Gasteiger partial charge in [0.1, 0.15) is 0 Å². The Morgan fingerprint density at radius 2 is 1.19 bits per heavy atom. The standard InChI is InChI=1S/C10H21N3O2S/c1-11-8-2-4-9(5-3-8)12-16(14,15)13-10-6-7-10/h8-13H,2-7H2,1H3. The van der Waals surface area contributed by atoms with E-state index in [9.17, 15) is 8.42 Å². The van der Waals surface area contributed by atoms with Crippen molar-refractivity contribution in [3.05, 3.63) is 0 Å². The highest BCUT2D eigenvalue weighted by Crippen LogP contribution is 2.21. The van der Waals surface area contributed by atoms with E-state index >= 15 is 0 Å². The average molecular weight is 247 g/mol. The van der Waals surface area contributed by atoms with E-state index in [-0.39, 0.29) is 12.1 Å². The summed E-state index contributed by atoms with van der Waals surface area (Å²) >= 11 is 0. The quantitative estimate of drug-likeness (QED) is 0.645. The molecular weight excluding hydrogens is 226 g/mol. The van der Waals surface area contributed by atoms with Gasteiger partial charge in [0.25, 0.3) is 10.2 Å². The molecule has 2 aliphatic carbocycles. The monoisotopic (exact) mass is 247 g/mol. The summed E-state index contributed by atoms with van der Waals surface area (Å²) in [7, 11) is -1.30. The van der Waals surface area contributed by atoms with Crippen LogP contribution in [0, 0.1) is 0 Å². The van der Waals surface area contributed by atoms with Crippen LogP contribution in [0.5, 0.6) is 0 Å². The predicted molar refractivity (Wildman–Crippen MR) is 63.3 cm³/mol. The molecule has 16 heavy (non-hydrogen) atoms. The SMILES string of the molecule is CNC1CCC(NS(=O)(=O)NC2CC2)CC1. The summed E-state index contributed by atoms with van der Waals surface area (Å²) in [6.07, 6.45) is 5.91. The second kappa shape index (κ2) is 5.00. The van der Waals surface area contributed by atoms with Crippen LogP contribution in [0.4, 0.5) is 0 Å². The number of nitrogens with one attached hydrogen (secondary N) is 3. The maximum Gasteiger partial charge on any atom is 0.277 e. The fourth-order valence-corrected chi connectivity index (χ4v) is 3.59. The Bertz CT molecular complexity index is 319. The number of rotatable bonds is 5. The molecule has 2 aliphatic rings. The largest absolute Gasteiger partial charge is 0.317 e. The molecule has 5 nitrogen and oxygen atoms in total. The van der Waals surface area contributed by atoms with Crippen LogP contribution in [0.1, 0.15) is 38.5 Å². The molecule has 0 aliphatic heterocycles. The highest BCUT2D eigenvalue weighted by atomic mass is 32.2. The van der Waals surface area contributed by atoms with Gasteiger partial charge in [0.15, 0.2) is 0 Å². The van der Waals surface area contributed by atoms with Crippen molar-refractivity contribution in [3.63, 3.8) is 0 Å². The lowest BCUT2D eigenvalue weighted by molar-refractivity contribution is 0.342. The van der Waals surface area contributed by atoms with Crippen molar-refractivity contribution in [3.8, 4) is 0 Å². The van der Waals surface area contributed by atoms with E-state index in [2.05, 4.69) is 14.8 Å². The third kappa shape index (κ3) is 3.69. The summed E-state index contributed by atoms with van der Waals surface area (Å²) in [6.45, 7) is 0. The van der Waals surface area contributed by atoms with E-state index in [1.54, 1.807) is 0 Å². The van der Waals surface area contributed by atoms with E-state index in [1.807, 2.05) is 7.05 Å². The van der Waals surface area contributed by atoms with Gasteiger partial charge in [-0.15, -0.1) is 0 Å². The molecule has 94 valence electrons. The highest BCUT2D eigenvalue weighted by Gasteiger charge is 2.29. The smallest absolute Gasteiger partial charge is 0.277 e. The van der Waals surface area contributed by atoms with Gasteiger partial charge in [-0.3, -0.25) is 0 Å². The second-order valence-electron chi connectivity index (χ2n) is 4.85. The summed E-state index contributed by atoms with van der Waals surface area (Å²) in [5, 5.41) is 3.24. The van der Waals surface area contributed by atoms with Gasteiger partial charge in [-0.25, -0.2) is 0 Å². The van der Waals surface area contributed by atoms with Crippen molar-refractivity contribution >= 4 is 10.2 Å². The van der Waals surface area contributed by atoms with Crippen molar-refractivity contribution in [1.29, 1.82) is 0 Å². The first kappa shape index (κ1) is 12.3. The van der Waals surface area contributed by atoms with E-state index in [0.717, 1.165) is 38.5 Å². The highest BCUT2D eigenvalue weighted by molar-refractivity contribution is 7.87. The van der Waals surface area contributed by atoms with Crippen molar-refractivity contribution in [1.82, 2.24) is 14.8 Å². The maximum absolute atomic E-state index is 11.7. The molecule has 0 aromatic carbocycles. The topological polar surface area (TPSA) is 70.2 Å². The fraction of sp³-hybridized carbons (Fsp3) is 1.00. The molecule has 2 fully saturated rings. The van der Waals surface area contributed by atoms with Gasteiger partial charge in [-0.1, -0.05) is 0 Å². The molecule has 6 heteroatoms.